The molecular weight excluding hydrogens is 342 g/mol. The predicted octanol–water partition coefficient (Wildman–Crippen LogP) is 2.82. The summed E-state index contributed by atoms with van der Waals surface area (Å²) in [5.74, 6) is 0.460. The number of ether oxygens (including phenoxy) is 1. The molecule has 1 fully saturated rings. The molecule has 1 unspecified atom stereocenters. The van der Waals surface area contributed by atoms with Gasteiger partial charge in [0.15, 0.2) is 5.82 Å². The van der Waals surface area contributed by atoms with E-state index in [4.69, 9.17) is 0 Å². The standard InChI is InChI=1S/C20H27N5O2/c1-15(2)25-22-19(21-23-25)12-14-24-13-4-5-18(24)17-9-6-16(7-10-17)8-11-20(26)27-3/h6-11,15,18H,4-5,12-14H2,1-3H3. The van der Waals surface area contributed by atoms with E-state index in [1.165, 1.54) is 25.2 Å². The molecule has 0 spiro atoms. The van der Waals surface area contributed by atoms with E-state index in [0.717, 1.165) is 37.3 Å². The number of aromatic nitrogens is 4. The summed E-state index contributed by atoms with van der Waals surface area (Å²) in [6.07, 6.45) is 6.37. The topological polar surface area (TPSA) is 73.1 Å². The van der Waals surface area contributed by atoms with Crippen LogP contribution >= 0.6 is 0 Å². The minimum atomic E-state index is -0.343. The van der Waals surface area contributed by atoms with Gasteiger partial charge < -0.3 is 4.74 Å². The zero-order valence-corrected chi connectivity index (χ0v) is 16.2. The van der Waals surface area contributed by atoms with Gasteiger partial charge >= 0.3 is 5.97 Å². The van der Waals surface area contributed by atoms with Crippen molar-refractivity contribution in [3.05, 3.63) is 47.3 Å². The van der Waals surface area contributed by atoms with Gasteiger partial charge in [0.1, 0.15) is 0 Å². The van der Waals surface area contributed by atoms with Crippen LogP contribution in [0.15, 0.2) is 30.3 Å². The Kier molecular flexibility index (Phi) is 6.34. The molecule has 1 aromatic carbocycles. The molecule has 7 nitrogen and oxygen atoms in total. The number of benzene rings is 1. The van der Waals surface area contributed by atoms with Crippen LogP contribution in [-0.2, 0) is 16.0 Å². The summed E-state index contributed by atoms with van der Waals surface area (Å²) < 4.78 is 4.62. The van der Waals surface area contributed by atoms with Crippen LogP contribution in [0.4, 0.5) is 0 Å². The van der Waals surface area contributed by atoms with Crippen molar-refractivity contribution in [1.29, 1.82) is 0 Å². The first-order valence-corrected chi connectivity index (χ1v) is 9.45. The number of carbonyl (C=O) groups excluding carboxylic acids is 1. The second kappa shape index (κ2) is 8.90. The number of tetrazole rings is 1. The lowest BCUT2D eigenvalue weighted by Crippen LogP contribution is -2.26. The molecule has 3 rings (SSSR count). The molecule has 0 saturated carbocycles. The third-order valence-electron chi connectivity index (χ3n) is 4.85. The number of nitrogens with zero attached hydrogens (tertiary/aromatic N) is 5. The van der Waals surface area contributed by atoms with Crippen molar-refractivity contribution >= 4 is 12.0 Å². The lowest BCUT2D eigenvalue weighted by atomic mass is 10.0. The third-order valence-corrected chi connectivity index (χ3v) is 4.85. The highest BCUT2D eigenvalue weighted by atomic mass is 16.5. The molecule has 0 bridgehead atoms. The number of methoxy groups -OCH3 is 1. The Bertz CT molecular complexity index is 782. The van der Waals surface area contributed by atoms with Gasteiger partial charge in [0.25, 0.3) is 0 Å². The van der Waals surface area contributed by atoms with Gasteiger partial charge in [-0.25, -0.2) is 4.79 Å². The van der Waals surface area contributed by atoms with Crippen molar-refractivity contribution in [3.63, 3.8) is 0 Å². The lowest BCUT2D eigenvalue weighted by molar-refractivity contribution is -0.134. The first kappa shape index (κ1) is 19.2. The van der Waals surface area contributed by atoms with Crippen LogP contribution in [-0.4, -0.2) is 51.3 Å². The Morgan fingerprint density at radius 3 is 2.78 bits per heavy atom. The Morgan fingerprint density at radius 1 is 1.33 bits per heavy atom. The summed E-state index contributed by atoms with van der Waals surface area (Å²) in [4.78, 5) is 15.4. The van der Waals surface area contributed by atoms with Gasteiger partial charge in [-0.05, 0) is 55.7 Å². The zero-order chi connectivity index (χ0) is 19.2. The van der Waals surface area contributed by atoms with Crippen LogP contribution in [0.2, 0.25) is 0 Å². The summed E-state index contributed by atoms with van der Waals surface area (Å²) in [5.41, 5.74) is 2.30. The van der Waals surface area contributed by atoms with Crippen molar-refractivity contribution in [2.45, 2.75) is 45.2 Å². The Morgan fingerprint density at radius 2 is 2.11 bits per heavy atom. The van der Waals surface area contributed by atoms with Crippen molar-refractivity contribution in [2.75, 3.05) is 20.2 Å². The van der Waals surface area contributed by atoms with Crippen LogP contribution in [0.1, 0.15) is 55.7 Å². The van der Waals surface area contributed by atoms with Crippen molar-refractivity contribution in [3.8, 4) is 0 Å². The highest BCUT2D eigenvalue weighted by molar-refractivity contribution is 5.86. The second-order valence-corrected chi connectivity index (χ2v) is 7.09. The molecule has 1 aliphatic rings. The molecular formula is C20H27N5O2. The number of hydrogen-bond donors (Lipinski definition) is 0. The third kappa shape index (κ3) is 5.01. The fourth-order valence-corrected chi connectivity index (χ4v) is 3.35. The van der Waals surface area contributed by atoms with Crippen molar-refractivity contribution < 1.29 is 9.53 Å². The van der Waals surface area contributed by atoms with Crippen molar-refractivity contribution in [2.24, 2.45) is 0 Å². The maximum absolute atomic E-state index is 11.2. The van der Waals surface area contributed by atoms with E-state index in [-0.39, 0.29) is 12.0 Å². The maximum atomic E-state index is 11.2. The van der Waals surface area contributed by atoms with E-state index in [1.54, 1.807) is 10.9 Å². The summed E-state index contributed by atoms with van der Waals surface area (Å²) >= 11 is 0. The van der Waals surface area contributed by atoms with Gasteiger partial charge in [-0.2, -0.15) is 4.80 Å². The van der Waals surface area contributed by atoms with Crippen LogP contribution < -0.4 is 0 Å². The molecule has 2 heterocycles. The molecule has 1 aromatic heterocycles. The smallest absolute Gasteiger partial charge is 0.330 e. The van der Waals surface area contributed by atoms with E-state index in [2.05, 4.69) is 37.2 Å². The number of carbonyl (C=O) groups is 1. The monoisotopic (exact) mass is 369 g/mol. The SMILES string of the molecule is COC(=O)C=Cc1ccc(C2CCCN2CCc2nnn(C(C)C)n2)cc1. The summed E-state index contributed by atoms with van der Waals surface area (Å²) in [6.45, 7) is 6.11. The molecule has 0 amide bonds. The highest BCUT2D eigenvalue weighted by Crippen LogP contribution is 2.32. The number of rotatable bonds is 7. The molecule has 27 heavy (non-hydrogen) atoms. The average molecular weight is 369 g/mol. The van der Waals surface area contributed by atoms with Gasteiger partial charge in [-0.1, -0.05) is 24.3 Å². The first-order valence-electron chi connectivity index (χ1n) is 9.45. The van der Waals surface area contributed by atoms with E-state index in [1.807, 2.05) is 26.0 Å². The number of likely N-dealkylation sites (tertiary alicyclic amines) is 1. The molecule has 144 valence electrons. The minimum absolute atomic E-state index is 0.234. The first-order chi connectivity index (χ1) is 13.1. The predicted molar refractivity (Wildman–Crippen MR) is 103 cm³/mol. The van der Waals surface area contributed by atoms with E-state index >= 15 is 0 Å². The summed E-state index contributed by atoms with van der Waals surface area (Å²) in [5, 5.41) is 12.7. The zero-order valence-electron chi connectivity index (χ0n) is 16.2. The average Bonchev–Trinajstić information content (AvgIpc) is 3.34. The highest BCUT2D eigenvalue weighted by Gasteiger charge is 2.25. The summed E-state index contributed by atoms with van der Waals surface area (Å²) in [7, 11) is 1.38. The normalized spacial score (nSPS) is 17.9. The van der Waals surface area contributed by atoms with Gasteiger partial charge in [-0.3, -0.25) is 4.90 Å². The van der Waals surface area contributed by atoms with Gasteiger partial charge in [0.2, 0.25) is 0 Å². The molecule has 0 aliphatic carbocycles. The molecule has 1 atom stereocenters. The fraction of sp³-hybridized carbons (Fsp3) is 0.500. The van der Waals surface area contributed by atoms with E-state index in [9.17, 15) is 4.79 Å². The Hall–Kier alpha value is -2.54. The van der Waals surface area contributed by atoms with Crippen LogP contribution in [0.3, 0.4) is 0 Å². The molecule has 1 aliphatic heterocycles. The molecule has 0 radical (unpaired) electrons. The van der Waals surface area contributed by atoms with Crippen LogP contribution in [0.25, 0.3) is 6.08 Å². The van der Waals surface area contributed by atoms with Gasteiger partial charge in [0.05, 0.1) is 13.2 Å². The molecule has 0 N–H and O–H groups in total. The summed E-state index contributed by atoms with van der Waals surface area (Å²) in [6, 6.07) is 9.03. The van der Waals surface area contributed by atoms with E-state index in [0.29, 0.717) is 6.04 Å². The van der Waals surface area contributed by atoms with Gasteiger partial charge in [-0.15, -0.1) is 10.2 Å². The number of esters is 1. The second-order valence-electron chi connectivity index (χ2n) is 7.09. The van der Waals surface area contributed by atoms with Crippen LogP contribution in [0.5, 0.6) is 0 Å². The Labute approximate surface area is 160 Å². The molecule has 1 saturated heterocycles. The maximum Gasteiger partial charge on any atom is 0.330 e. The lowest BCUT2D eigenvalue weighted by Gasteiger charge is -2.24. The number of hydrogen-bond acceptors (Lipinski definition) is 6. The van der Waals surface area contributed by atoms with Gasteiger partial charge in [0, 0.05) is 25.1 Å². The van der Waals surface area contributed by atoms with E-state index < -0.39 is 0 Å². The fourth-order valence-electron chi connectivity index (χ4n) is 3.35. The molecule has 7 heteroatoms. The van der Waals surface area contributed by atoms with Crippen LogP contribution in [0, 0.1) is 0 Å². The Balaban J connectivity index is 1.60. The van der Waals surface area contributed by atoms with Crippen molar-refractivity contribution in [1.82, 2.24) is 25.1 Å². The quantitative estimate of drug-likeness (QED) is 0.552. The minimum Gasteiger partial charge on any atom is -0.466 e. The molecule has 2 aromatic rings. The largest absolute Gasteiger partial charge is 0.466 e.